The van der Waals surface area contributed by atoms with Gasteiger partial charge >= 0.3 is 0 Å². The molecule has 23 heavy (non-hydrogen) atoms. The minimum Gasteiger partial charge on any atom is -0.384 e. The van der Waals surface area contributed by atoms with Gasteiger partial charge in [-0.3, -0.25) is 0 Å². The van der Waals surface area contributed by atoms with Gasteiger partial charge in [-0.15, -0.1) is 0 Å². The number of nitrogens with one attached hydrogen (secondary N) is 2. The summed E-state index contributed by atoms with van der Waals surface area (Å²) < 4.78 is 0. The summed E-state index contributed by atoms with van der Waals surface area (Å²) in [6, 6.07) is 17.2. The van der Waals surface area contributed by atoms with Crippen LogP contribution in [0.25, 0.3) is 10.9 Å². The van der Waals surface area contributed by atoms with Crippen molar-refractivity contribution in [2.24, 2.45) is 0 Å². The van der Waals surface area contributed by atoms with Crippen LogP contribution in [0.15, 0.2) is 54.7 Å². The average molecular weight is 305 g/mol. The summed E-state index contributed by atoms with van der Waals surface area (Å²) >= 11 is 0. The molecule has 1 aliphatic heterocycles. The van der Waals surface area contributed by atoms with Gasteiger partial charge in [0.05, 0.1) is 0 Å². The zero-order valence-electron chi connectivity index (χ0n) is 13.5. The van der Waals surface area contributed by atoms with Crippen LogP contribution in [-0.4, -0.2) is 30.0 Å². The minimum atomic E-state index is 0.636. The summed E-state index contributed by atoms with van der Waals surface area (Å²) in [4.78, 5) is 5.79. The first-order chi connectivity index (χ1) is 11.3. The standard InChI is InChI=1S/C20H23N3/c1-23(14-16-13-22-20-9-5-3-7-18(16)20)11-10-15-12-21-19-8-4-2-6-17(15)19/h2-9,13,15,21-22H,10-12,14H2,1H3. The molecule has 1 aromatic heterocycles. The highest BCUT2D eigenvalue weighted by molar-refractivity contribution is 5.82. The van der Waals surface area contributed by atoms with Gasteiger partial charge in [-0.05, 0) is 43.3 Å². The Bertz CT molecular complexity index is 805. The quantitative estimate of drug-likeness (QED) is 0.740. The monoisotopic (exact) mass is 305 g/mol. The number of para-hydroxylation sites is 2. The van der Waals surface area contributed by atoms with Gasteiger partial charge in [0.15, 0.2) is 0 Å². The fourth-order valence-electron chi connectivity index (χ4n) is 3.62. The highest BCUT2D eigenvalue weighted by atomic mass is 15.1. The van der Waals surface area contributed by atoms with Gasteiger partial charge in [0.2, 0.25) is 0 Å². The lowest BCUT2D eigenvalue weighted by molar-refractivity contribution is 0.314. The van der Waals surface area contributed by atoms with Gasteiger partial charge < -0.3 is 15.2 Å². The van der Waals surface area contributed by atoms with Crippen molar-refractivity contribution in [1.29, 1.82) is 0 Å². The van der Waals surface area contributed by atoms with Crippen molar-refractivity contribution >= 4 is 16.6 Å². The molecule has 1 atom stereocenters. The number of H-pyrrole nitrogens is 1. The number of benzene rings is 2. The maximum atomic E-state index is 3.52. The third-order valence-electron chi connectivity index (χ3n) is 4.91. The average Bonchev–Trinajstić information content (AvgIpc) is 3.18. The minimum absolute atomic E-state index is 0.636. The fourth-order valence-corrected chi connectivity index (χ4v) is 3.62. The molecule has 3 aromatic rings. The van der Waals surface area contributed by atoms with Crippen LogP contribution in [0.4, 0.5) is 5.69 Å². The molecule has 3 heteroatoms. The Labute approximate surface area is 137 Å². The molecular formula is C20H23N3. The smallest absolute Gasteiger partial charge is 0.0457 e. The number of aromatic nitrogens is 1. The second-order valence-corrected chi connectivity index (χ2v) is 6.55. The SMILES string of the molecule is CN(CCC1CNc2ccccc21)Cc1c[nH]c2ccccc12. The summed E-state index contributed by atoms with van der Waals surface area (Å²) in [5.74, 6) is 0.636. The molecule has 0 radical (unpaired) electrons. The molecule has 3 nitrogen and oxygen atoms in total. The second-order valence-electron chi connectivity index (χ2n) is 6.55. The van der Waals surface area contributed by atoms with Gasteiger partial charge in [-0.25, -0.2) is 0 Å². The summed E-state index contributed by atoms with van der Waals surface area (Å²) in [7, 11) is 2.22. The van der Waals surface area contributed by atoms with Crippen LogP contribution < -0.4 is 5.32 Å². The Morgan fingerprint density at radius 1 is 1.09 bits per heavy atom. The van der Waals surface area contributed by atoms with E-state index >= 15 is 0 Å². The molecule has 0 saturated carbocycles. The Balaban J connectivity index is 1.39. The number of rotatable bonds is 5. The van der Waals surface area contributed by atoms with E-state index < -0.39 is 0 Å². The highest BCUT2D eigenvalue weighted by Gasteiger charge is 2.21. The lowest BCUT2D eigenvalue weighted by Gasteiger charge is -2.19. The number of hydrogen-bond donors (Lipinski definition) is 2. The molecular weight excluding hydrogens is 282 g/mol. The predicted molar refractivity (Wildman–Crippen MR) is 96.9 cm³/mol. The lowest BCUT2D eigenvalue weighted by atomic mass is 9.98. The van der Waals surface area contributed by atoms with Crippen molar-refractivity contribution in [3.8, 4) is 0 Å². The topological polar surface area (TPSA) is 31.1 Å². The first kappa shape index (κ1) is 14.3. The van der Waals surface area contributed by atoms with Crippen molar-refractivity contribution in [2.75, 3.05) is 25.5 Å². The van der Waals surface area contributed by atoms with Gasteiger partial charge in [0.1, 0.15) is 0 Å². The van der Waals surface area contributed by atoms with Crippen molar-refractivity contribution in [3.05, 3.63) is 65.9 Å². The Morgan fingerprint density at radius 3 is 2.87 bits per heavy atom. The molecule has 1 unspecified atom stereocenters. The van der Waals surface area contributed by atoms with Crippen LogP contribution >= 0.6 is 0 Å². The molecule has 0 bridgehead atoms. The van der Waals surface area contributed by atoms with E-state index in [4.69, 9.17) is 0 Å². The summed E-state index contributed by atoms with van der Waals surface area (Å²) in [5.41, 5.74) is 5.41. The number of anilines is 1. The molecule has 1 aliphatic rings. The van der Waals surface area contributed by atoms with Gasteiger partial charge in [0, 0.05) is 41.8 Å². The van der Waals surface area contributed by atoms with Crippen LogP contribution in [0.1, 0.15) is 23.5 Å². The third kappa shape index (κ3) is 2.84. The van der Waals surface area contributed by atoms with Crippen molar-refractivity contribution in [2.45, 2.75) is 18.9 Å². The summed E-state index contributed by atoms with van der Waals surface area (Å²) in [5, 5.41) is 4.86. The third-order valence-corrected chi connectivity index (χ3v) is 4.91. The zero-order valence-corrected chi connectivity index (χ0v) is 13.5. The van der Waals surface area contributed by atoms with E-state index in [0.717, 1.165) is 19.6 Å². The molecule has 0 aliphatic carbocycles. The van der Waals surface area contributed by atoms with E-state index in [1.54, 1.807) is 0 Å². The molecule has 2 heterocycles. The van der Waals surface area contributed by atoms with Crippen molar-refractivity contribution in [3.63, 3.8) is 0 Å². The number of fused-ring (bicyclic) bond motifs is 2. The maximum Gasteiger partial charge on any atom is 0.0457 e. The van der Waals surface area contributed by atoms with Crippen LogP contribution in [0.5, 0.6) is 0 Å². The molecule has 0 saturated heterocycles. The number of hydrogen-bond acceptors (Lipinski definition) is 2. The second kappa shape index (κ2) is 6.09. The molecule has 4 rings (SSSR count). The Kier molecular flexibility index (Phi) is 3.80. The van der Waals surface area contributed by atoms with Crippen LogP contribution in [0.3, 0.4) is 0 Å². The van der Waals surface area contributed by atoms with E-state index in [9.17, 15) is 0 Å². The summed E-state index contributed by atoms with van der Waals surface area (Å²) in [6.07, 6.45) is 3.34. The predicted octanol–water partition coefficient (Wildman–Crippen LogP) is 4.20. The largest absolute Gasteiger partial charge is 0.384 e. The molecule has 0 fully saturated rings. The Hall–Kier alpha value is -2.26. The normalized spacial score (nSPS) is 16.7. The maximum absolute atomic E-state index is 3.52. The van der Waals surface area contributed by atoms with E-state index in [1.807, 2.05) is 0 Å². The fraction of sp³-hybridized carbons (Fsp3) is 0.300. The zero-order chi connectivity index (χ0) is 15.6. The lowest BCUT2D eigenvalue weighted by Crippen LogP contribution is -2.21. The van der Waals surface area contributed by atoms with Crippen LogP contribution in [-0.2, 0) is 6.54 Å². The molecule has 2 aromatic carbocycles. The summed E-state index contributed by atoms with van der Waals surface area (Å²) in [6.45, 7) is 3.17. The molecule has 0 spiro atoms. The van der Waals surface area contributed by atoms with E-state index in [0.29, 0.717) is 5.92 Å². The number of nitrogens with zero attached hydrogens (tertiary/aromatic N) is 1. The van der Waals surface area contributed by atoms with E-state index in [2.05, 4.69) is 77.0 Å². The van der Waals surface area contributed by atoms with Gasteiger partial charge in [0.25, 0.3) is 0 Å². The van der Waals surface area contributed by atoms with Gasteiger partial charge in [-0.2, -0.15) is 0 Å². The Morgan fingerprint density at radius 2 is 1.91 bits per heavy atom. The van der Waals surface area contributed by atoms with E-state index in [-0.39, 0.29) is 0 Å². The first-order valence-corrected chi connectivity index (χ1v) is 8.37. The highest BCUT2D eigenvalue weighted by Crippen LogP contribution is 2.33. The molecule has 2 N–H and O–H groups in total. The number of aromatic amines is 1. The van der Waals surface area contributed by atoms with Gasteiger partial charge in [-0.1, -0.05) is 36.4 Å². The van der Waals surface area contributed by atoms with Crippen molar-refractivity contribution < 1.29 is 0 Å². The molecule has 0 amide bonds. The van der Waals surface area contributed by atoms with Crippen molar-refractivity contribution in [1.82, 2.24) is 9.88 Å². The van der Waals surface area contributed by atoms with Crippen LogP contribution in [0, 0.1) is 0 Å². The van der Waals surface area contributed by atoms with E-state index in [1.165, 1.54) is 34.1 Å². The van der Waals surface area contributed by atoms with Crippen LogP contribution in [0.2, 0.25) is 0 Å². The first-order valence-electron chi connectivity index (χ1n) is 8.37. The molecule has 118 valence electrons.